The van der Waals surface area contributed by atoms with Gasteiger partial charge in [-0.15, -0.1) is 11.3 Å². The highest BCUT2D eigenvalue weighted by Gasteiger charge is 2.11. The zero-order valence-corrected chi connectivity index (χ0v) is 17.7. The van der Waals surface area contributed by atoms with Gasteiger partial charge in [0.15, 0.2) is 11.7 Å². The van der Waals surface area contributed by atoms with Crippen LogP contribution in [0.4, 0.5) is 5.13 Å². The van der Waals surface area contributed by atoms with Gasteiger partial charge in [-0.2, -0.15) is 0 Å². The van der Waals surface area contributed by atoms with Gasteiger partial charge in [0.05, 0.1) is 17.3 Å². The molecule has 0 aliphatic heterocycles. The van der Waals surface area contributed by atoms with Crippen molar-refractivity contribution in [2.24, 2.45) is 0 Å². The molecule has 1 aromatic heterocycles. The van der Waals surface area contributed by atoms with E-state index in [0.717, 1.165) is 27.0 Å². The third-order valence-corrected chi connectivity index (χ3v) is 5.31. The Balaban J connectivity index is 1.61. The van der Waals surface area contributed by atoms with E-state index in [2.05, 4.69) is 26.2 Å². The van der Waals surface area contributed by atoms with Crippen LogP contribution in [0.25, 0.3) is 11.3 Å². The van der Waals surface area contributed by atoms with Crippen molar-refractivity contribution < 1.29 is 14.3 Å². The Morgan fingerprint density at radius 2 is 2.04 bits per heavy atom. The summed E-state index contributed by atoms with van der Waals surface area (Å²) in [4.78, 5) is 16.6. The predicted molar refractivity (Wildman–Crippen MR) is 112 cm³/mol. The summed E-state index contributed by atoms with van der Waals surface area (Å²) in [5.74, 6) is 1.09. The quantitative estimate of drug-likeness (QED) is 0.515. The number of nitrogens with zero attached hydrogens (tertiary/aromatic N) is 1. The molecule has 0 fully saturated rings. The second-order valence-electron chi connectivity index (χ2n) is 5.63. The molecule has 8 heteroatoms. The van der Waals surface area contributed by atoms with Crippen molar-refractivity contribution in [3.63, 3.8) is 0 Å². The summed E-state index contributed by atoms with van der Waals surface area (Å²) in [6, 6.07) is 11.0. The minimum atomic E-state index is -0.277. The second-order valence-corrected chi connectivity index (χ2v) is 7.78. The number of anilines is 1. The number of aromatic nitrogens is 1. The van der Waals surface area contributed by atoms with E-state index in [-0.39, 0.29) is 12.5 Å². The molecular weight excluding hydrogens is 452 g/mol. The normalized spacial score (nSPS) is 10.5. The summed E-state index contributed by atoms with van der Waals surface area (Å²) in [7, 11) is 1.61. The number of hydrogen-bond acceptors (Lipinski definition) is 5. The van der Waals surface area contributed by atoms with Crippen LogP contribution >= 0.6 is 38.9 Å². The number of halogens is 2. The Labute approximate surface area is 174 Å². The molecule has 0 spiro atoms. The van der Waals surface area contributed by atoms with E-state index in [9.17, 15) is 4.79 Å². The van der Waals surface area contributed by atoms with E-state index in [1.807, 2.05) is 30.5 Å². The number of nitrogens with one attached hydrogen (secondary N) is 1. The van der Waals surface area contributed by atoms with Crippen LogP contribution in [0.15, 0.2) is 46.3 Å². The highest BCUT2D eigenvalue weighted by Crippen LogP contribution is 2.32. The van der Waals surface area contributed by atoms with E-state index in [0.29, 0.717) is 15.9 Å². The first-order valence-corrected chi connectivity index (χ1v) is 9.99. The van der Waals surface area contributed by atoms with Crippen molar-refractivity contribution in [2.45, 2.75) is 6.92 Å². The average Bonchev–Trinajstić information content (AvgIpc) is 3.09. The van der Waals surface area contributed by atoms with Gasteiger partial charge in [0.2, 0.25) is 0 Å². The predicted octanol–water partition coefficient (Wildman–Crippen LogP) is 5.56. The Bertz CT molecular complexity index is 977. The maximum absolute atomic E-state index is 12.1. The van der Waals surface area contributed by atoms with Gasteiger partial charge in [-0.25, -0.2) is 4.98 Å². The van der Waals surface area contributed by atoms with Crippen LogP contribution < -0.4 is 14.8 Å². The molecule has 0 aliphatic carbocycles. The summed E-state index contributed by atoms with van der Waals surface area (Å²) >= 11 is 10.7. The van der Waals surface area contributed by atoms with E-state index in [1.165, 1.54) is 11.3 Å². The molecule has 0 unspecified atom stereocenters. The molecule has 5 nitrogen and oxygen atoms in total. The second kappa shape index (κ2) is 8.73. The zero-order valence-electron chi connectivity index (χ0n) is 14.6. The molecule has 2 aromatic carbocycles. The number of rotatable bonds is 6. The number of thiazole rings is 1. The topological polar surface area (TPSA) is 60.5 Å². The van der Waals surface area contributed by atoms with Gasteiger partial charge in [0.25, 0.3) is 5.91 Å². The summed E-state index contributed by atoms with van der Waals surface area (Å²) in [5, 5.41) is 5.78. The van der Waals surface area contributed by atoms with Gasteiger partial charge in [-0.05, 0) is 64.8 Å². The first kappa shape index (κ1) is 19.7. The smallest absolute Gasteiger partial charge is 0.264 e. The molecule has 1 heterocycles. The lowest BCUT2D eigenvalue weighted by Gasteiger charge is -2.08. The number of benzene rings is 2. The minimum Gasteiger partial charge on any atom is -0.496 e. The molecule has 0 radical (unpaired) electrons. The maximum Gasteiger partial charge on any atom is 0.264 e. The molecule has 0 saturated carbocycles. The first-order valence-electron chi connectivity index (χ1n) is 7.94. The molecule has 0 bridgehead atoms. The fourth-order valence-corrected chi connectivity index (χ4v) is 3.87. The fourth-order valence-electron chi connectivity index (χ4n) is 2.36. The monoisotopic (exact) mass is 466 g/mol. The number of aryl methyl sites for hydroxylation is 1. The van der Waals surface area contributed by atoms with Crippen LogP contribution in [0.3, 0.4) is 0 Å². The largest absolute Gasteiger partial charge is 0.496 e. The van der Waals surface area contributed by atoms with Crippen LogP contribution in [0.5, 0.6) is 11.5 Å². The summed E-state index contributed by atoms with van der Waals surface area (Å²) in [6.45, 7) is 1.77. The molecule has 0 aliphatic rings. The van der Waals surface area contributed by atoms with Gasteiger partial charge in [-0.3, -0.25) is 10.1 Å². The summed E-state index contributed by atoms with van der Waals surface area (Å²) in [5.41, 5.74) is 2.57. The van der Waals surface area contributed by atoms with Gasteiger partial charge in [-0.1, -0.05) is 11.6 Å². The molecule has 0 atom stereocenters. The van der Waals surface area contributed by atoms with Crippen LogP contribution in [0, 0.1) is 6.92 Å². The van der Waals surface area contributed by atoms with E-state index < -0.39 is 0 Å². The molecule has 140 valence electrons. The highest BCUT2D eigenvalue weighted by molar-refractivity contribution is 9.10. The Kier molecular flexibility index (Phi) is 6.36. The van der Waals surface area contributed by atoms with Crippen molar-refractivity contribution in [1.29, 1.82) is 0 Å². The van der Waals surface area contributed by atoms with Gasteiger partial charge in [0, 0.05) is 16.0 Å². The number of methoxy groups -OCH3 is 1. The van der Waals surface area contributed by atoms with Crippen LogP contribution in [0.2, 0.25) is 5.02 Å². The van der Waals surface area contributed by atoms with Crippen LogP contribution in [0.1, 0.15) is 5.56 Å². The summed E-state index contributed by atoms with van der Waals surface area (Å²) in [6.07, 6.45) is 0. The standard InChI is InChI=1S/C19H16BrClN2O3S/c1-11-7-13(21)4-6-16(11)26-9-18(24)23-19-22-15(10-27-19)12-3-5-17(25-2)14(20)8-12/h3-8,10H,9H2,1-2H3,(H,22,23,24). The summed E-state index contributed by atoms with van der Waals surface area (Å²) < 4.78 is 11.6. The number of carbonyl (C=O) groups excluding carboxylic acids is 1. The van der Waals surface area contributed by atoms with E-state index in [1.54, 1.807) is 25.3 Å². The third-order valence-electron chi connectivity index (χ3n) is 3.69. The molecule has 0 saturated heterocycles. The van der Waals surface area contributed by atoms with E-state index >= 15 is 0 Å². The highest BCUT2D eigenvalue weighted by atomic mass is 79.9. The first-order chi connectivity index (χ1) is 13.0. The van der Waals surface area contributed by atoms with Crippen molar-refractivity contribution >= 4 is 49.9 Å². The molecule has 3 rings (SSSR count). The number of carbonyl (C=O) groups is 1. The van der Waals surface area contributed by atoms with Crippen molar-refractivity contribution in [3.05, 3.63) is 56.8 Å². The lowest BCUT2D eigenvalue weighted by molar-refractivity contribution is -0.118. The third kappa shape index (κ3) is 5.00. The van der Waals surface area contributed by atoms with E-state index in [4.69, 9.17) is 21.1 Å². The van der Waals surface area contributed by atoms with Gasteiger partial charge < -0.3 is 9.47 Å². The number of amides is 1. The van der Waals surface area contributed by atoms with Crippen molar-refractivity contribution in [2.75, 3.05) is 19.0 Å². The van der Waals surface area contributed by atoms with Crippen molar-refractivity contribution in [1.82, 2.24) is 4.98 Å². The minimum absolute atomic E-state index is 0.106. The molecule has 1 amide bonds. The number of hydrogen-bond donors (Lipinski definition) is 1. The zero-order chi connectivity index (χ0) is 19.4. The Morgan fingerprint density at radius 3 is 2.74 bits per heavy atom. The van der Waals surface area contributed by atoms with Crippen LogP contribution in [-0.2, 0) is 4.79 Å². The van der Waals surface area contributed by atoms with Crippen LogP contribution in [-0.4, -0.2) is 24.6 Å². The number of ether oxygens (including phenoxy) is 2. The lowest BCUT2D eigenvalue weighted by Crippen LogP contribution is -2.20. The maximum atomic E-state index is 12.1. The Morgan fingerprint density at radius 1 is 1.26 bits per heavy atom. The SMILES string of the molecule is COc1ccc(-c2csc(NC(=O)COc3ccc(Cl)cc3C)n2)cc1Br. The van der Waals surface area contributed by atoms with Gasteiger partial charge in [0.1, 0.15) is 11.5 Å². The fraction of sp³-hybridized carbons (Fsp3) is 0.158. The molecular formula is C19H16BrClN2O3S. The van der Waals surface area contributed by atoms with Crippen molar-refractivity contribution in [3.8, 4) is 22.8 Å². The Hall–Kier alpha value is -2.09. The lowest BCUT2D eigenvalue weighted by atomic mass is 10.2. The average molecular weight is 468 g/mol. The molecule has 1 N–H and O–H groups in total. The molecule has 27 heavy (non-hydrogen) atoms. The molecule has 3 aromatic rings. The van der Waals surface area contributed by atoms with Gasteiger partial charge >= 0.3 is 0 Å².